The van der Waals surface area contributed by atoms with E-state index in [9.17, 15) is 0 Å². The first-order valence-corrected chi connectivity index (χ1v) is 5.30. The third-order valence-corrected chi connectivity index (χ3v) is 3.06. The highest BCUT2D eigenvalue weighted by molar-refractivity contribution is 4.83. The Morgan fingerprint density at radius 1 is 0.917 bits per heavy atom. The van der Waals surface area contributed by atoms with Crippen LogP contribution in [0.15, 0.2) is 0 Å². The Morgan fingerprint density at radius 3 is 2.58 bits per heavy atom. The van der Waals surface area contributed by atoms with E-state index in [0.29, 0.717) is 0 Å². The van der Waals surface area contributed by atoms with Gasteiger partial charge >= 0.3 is 0 Å². The van der Waals surface area contributed by atoms with Crippen LogP contribution in [0.5, 0.6) is 0 Å². The summed E-state index contributed by atoms with van der Waals surface area (Å²) >= 11 is 0. The van der Waals surface area contributed by atoms with Gasteiger partial charge in [0.25, 0.3) is 0 Å². The number of hydrogen-bond acceptors (Lipinski definition) is 2. The molecule has 1 aliphatic heterocycles. The van der Waals surface area contributed by atoms with E-state index in [1.165, 1.54) is 44.9 Å². The number of rotatable bonds is 0. The molecule has 0 atom stereocenters. The summed E-state index contributed by atoms with van der Waals surface area (Å²) in [6.07, 6.45) is 9.04. The standard InChI is InChI=1S/C10H19NO/c1-2-6-10(7-3-1)11-8-4-5-9-12-10/h11H,1-9H2. The molecule has 70 valence electrons. The molecular formula is C10H19NO. The van der Waals surface area contributed by atoms with E-state index in [1.54, 1.807) is 0 Å². The molecule has 2 fully saturated rings. The fourth-order valence-electron chi connectivity index (χ4n) is 2.31. The first-order chi connectivity index (χ1) is 5.91. The van der Waals surface area contributed by atoms with Crippen LogP contribution in [0.1, 0.15) is 44.9 Å². The minimum absolute atomic E-state index is 0.0920. The van der Waals surface area contributed by atoms with Crippen molar-refractivity contribution in [1.29, 1.82) is 0 Å². The summed E-state index contributed by atoms with van der Waals surface area (Å²) in [6, 6.07) is 0. The fraction of sp³-hybridized carbons (Fsp3) is 1.00. The summed E-state index contributed by atoms with van der Waals surface area (Å²) in [5.74, 6) is 0. The second kappa shape index (κ2) is 3.75. The van der Waals surface area contributed by atoms with Crippen LogP contribution in [0.25, 0.3) is 0 Å². The van der Waals surface area contributed by atoms with Crippen molar-refractivity contribution in [1.82, 2.24) is 5.32 Å². The van der Waals surface area contributed by atoms with E-state index in [1.807, 2.05) is 0 Å². The Hall–Kier alpha value is -0.0800. The Labute approximate surface area is 74.7 Å². The second-order valence-electron chi connectivity index (χ2n) is 4.04. The van der Waals surface area contributed by atoms with Crippen molar-refractivity contribution < 1.29 is 4.74 Å². The molecule has 2 heteroatoms. The molecule has 0 amide bonds. The first kappa shape index (κ1) is 8.52. The van der Waals surface area contributed by atoms with Crippen molar-refractivity contribution in [2.45, 2.75) is 50.7 Å². The van der Waals surface area contributed by atoms with E-state index >= 15 is 0 Å². The Bertz CT molecular complexity index is 131. The lowest BCUT2D eigenvalue weighted by molar-refractivity contribution is -0.0845. The fourth-order valence-corrected chi connectivity index (χ4v) is 2.31. The Balaban J connectivity index is 1.95. The van der Waals surface area contributed by atoms with Gasteiger partial charge in [-0.3, -0.25) is 5.32 Å². The highest BCUT2D eigenvalue weighted by Crippen LogP contribution is 2.30. The highest BCUT2D eigenvalue weighted by atomic mass is 16.5. The van der Waals surface area contributed by atoms with Crippen molar-refractivity contribution in [2.75, 3.05) is 13.2 Å². The van der Waals surface area contributed by atoms with Crippen LogP contribution in [-0.2, 0) is 4.74 Å². The van der Waals surface area contributed by atoms with Gasteiger partial charge in [-0.05, 0) is 45.1 Å². The molecule has 0 aromatic rings. The smallest absolute Gasteiger partial charge is 0.119 e. The van der Waals surface area contributed by atoms with Gasteiger partial charge in [0.05, 0.1) is 0 Å². The molecule has 1 aliphatic carbocycles. The van der Waals surface area contributed by atoms with Crippen molar-refractivity contribution in [3.8, 4) is 0 Å². The molecule has 0 aromatic carbocycles. The van der Waals surface area contributed by atoms with Crippen molar-refractivity contribution in [3.63, 3.8) is 0 Å². The largest absolute Gasteiger partial charge is 0.361 e. The minimum Gasteiger partial charge on any atom is -0.361 e. The summed E-state index contributed by atoms with van der Waals surface area (Å²) < 4.78 is 5.92. The molecule has 2 aliphatic rings. The zero-order valence-corrected chi connectivity index (χ0v) is 7.77. The third kappa shape index (κ3) is 1.80. The molecule has 2 nitrogen and oxygen atoms in total. The second-order valence-corrected chi connectivity index (χ2v) is 4.04. The molecule has 0 unspecified atom stereocenters. The number of ether oxygens (including phenoxy) is 1. The molecule has 0 aromatic heterocycles. The molecule has 0 radical (unpaired) electrons. The minimum atomic E-state index is 0.0920. The Morgan fingerprint density at radius 2 is 1.75 bits per heavy atom. The van der Waals surface area contributed by atoms with Gasteiger partial charge in [0.2, 0.25) is 0 Å². The van der Waals surface area contributed by atoms with Crippen LogP contribution in [0.2, 0.25) is 0 Å². The van der Waals surface area contributed by atoms with Gasteiger partial charge in [-0.15, -0.1) is 0 Å². The lowest BCUT2D eigenvalue weighted by Crippen LogP contribution is -2.48. The molecule has 1 saturated carbocycles. The quantitative estimate of drug-likeness (QED) is 0.599. The predicted octanol–water partition coefficient (Wildman–Crippen LogP) is 2.05. The average Bonchev–Trinajstić information content (AvgIpc) is 2.33. The monoisotopic (exact) mass is 169 g/mol. The SMILES string of the molecule is C1CCC2(CC1)NCCCCO2. The molecule has 12 heavy (non-hydrogen) atoms. The maximum Gasteiger partial charge on any atom is 0.119 e. The zero-order valence-electron chi connectivity index (χ0n) is 7.77. The maximum absolute atomic E-state index is 5.92. The average molecular weight is 169 g/mol. The van der Waals surface area contributed by atoms with Gasteiger partial charge in [-0.2, -0.15) is 0 Å². The summed E-state index contributed by atoms with van der Waals surface area (Å²) in [5, 5.41) is 3.57. The molecule has 1 spiro atoms. The molecule has 2 rings (SSSR count). The normalized spacial score (nSPS) is 30.0. The van der Waals surface area contributed by atoms with Crippen molar-refractivity contribution >= 4 is 0 Å². The first-order valence-electron chi connectivity index (χ1n) is 5.30. The highest BCUT2D eigenvalue weighted by Gasteiger charge is 2.32. The van der Waals surface area contributed by atoms with Crippen LogP contribution >= 0.6 is 0 Å². The topological polar surface area (TPSA) is 21.3 Å². The van der Waals surface area contributed by atoms with Gasteiger partial charge in [-0.1, -0.05) is 6.42 Å². The number of nitrogens with one attached hydrogen (secondary N) is 1. The van der Waals surface area contributed by atoms with Crippen molar-refractivity contribution in [3.05, 3.63) is 0 Å². The van der Waals surface area contributed by atoms with Crippen LogP contribution in [0.3, 0.4) is 0 Å². The van der Waals surface area contributed by atoms with Gasteiger partial charge in [0.15, 0.2) is 0 Å². The summed E-state index contributed by atoms with van der Waals surface area (Å²) in [6.45, 7) is 2.12. The summed E-state index contributed by atoms with van der Waals surface area (Å²) in [7, 11) is 0. The van der Waals surface area contributed by atoms with Gasteiger partial charge in [-0.25, -0.2) is 0 Å². The Kier molecular flexibility index (Phi) is 2.66. The maximum atomic E-state index is 5.92. The lowest BCUT2D eigenvalue weighted by atomic mass is 9.91. The lowest BCUT2D eigenvalue weighted by Gasteiger charge is -2.36. The van der Waals surface area contributed by atoms with Gasteiger partial charge in [0.1, 0.15) is 5.72 Å². The van der Waals surface area contributed by atoms with E-state index in [4.69, 9.17) is 4.74 Å². The molecule has 1 heterocycles. The van der Waals surface area contributed by atoms with E-state index in [2.05, 4.69) is 5.32 Å². The van der Waals surface area contributed by atoms with Crippen LogP contribution in [-0.4, -0.2) is 18.9 Å². The zero-order chi connectivity index (χ0) is 8.28. The third-order valence-electron chi connectivity index (χ3n) is 3.06. The van der Waals surface area contributed by atoms with Crippen LogP contribution in [0.4, 0.5) is 0 Å². The predicted molar refractivity (Wildman–Crippen MR) is 49.0 cm³/mol. The van der Waals surface area contributed by atoms with E-state index in [0.717, 1.165) is 13.2 Å². The molecule has 0 bridgehead atoms. The van der Waals surface area contributed by atoms with E-state index in [-0.39, 0.29) is 5.72 Å². The van der Waals surface area contributed by atoms with E-state index < -0.39 is 0 Å². The number of hydrogen-bond donors (Lipinski definition) is 1. The van der Waals surface area contributed by atoms with Crippen molar-refractivity contribution in [2.24, 2.45) is 0 Å². The van der Waals surface area contributed by atoms with Gasteiger partial charge in [0, 0.05) is 6.61 Å². The molecule has 1 saturated heterocycles. The van der Waals surface area contributed by atoms with Gasteiger partial charge < -0.3 is 4.74 Å². The molecule has 1 N–H and O–H groups in total. The summed E-state index contributed by atoms with van der Waals surface area (Å²) in [4.78, 5) is 0. The summed E-state index contributed by atoms with van der Waals surface area (Å²) in [5.41, 5.74) is 0.0920. The van der Waals surface area contributed by atoms with Crippen LogP contribution in [0, 0.1) is 0 Å². The molecular weight excluding hydrogens is 150 g/mol. The van der Waals surface area contributed by atoms with Crippen LogP contribution < -0.4 is 5.32 Å².